The number of ether oxygens (including phenoxy) is 1. The molecule has 1 aliphatic heterocycles. The van der Waals surface area contributed by atoms with Gasteiger partial charge in [0.25, 0.3) is 0 Å². The van der Waals surface area contributed by atoms with Gasteiger partial charge in [0.1, 0.15) is 5.75 Å². The maximum atomic E-state index is 10.1. The van der Waals surface area contributed by atoms with Crippen molar-refractivity contribution in [1.82, 2.24) is 0 Å². The molecule has 2 nitrogen and oxygen atoms in total. The van der Waals surface area contributed by atoms with E-state index in [9.17, 15) is 5.11 Å². The predicted octanol–water partition coefficient (Wildman–Crippen LogP) is 4.63. The molecular formula is C15H12O2S2. The van der Waals surface area contributed by atoms with E-state index in [-0.39, 0.29) is 0 Å². The Morgan fingerprint density at radius 3 is 2.95 bits per heavy atom. The van der Waals surface area contributed by atoms with Crippen molar-refractivity contribution in [2.75, 3.05) is 0 Å². The third-order valence-electron chi connectivity index (χ3n) is 3.53. The van der Waals surface area contributed by atoms with E-state index in [1.165, 1.54) is 20.5 Å². The zero-order valence-corrected chi connectivity index (χ0v) is 12.2. The quantitative estimate of drug-likeness (QED) is 0.653. The lowest BCUT2D eigenvalue weighted by atomic mass is 10.0. The van der Waals surface area contributed by atoms with Gasteiger partial charge in [0.2, 0.25) is 6.29 Å². The monoisotopic (exact) mass is 288 g/mol. The second-order valence-electron chi connectivity index (χ2n) is 4.84. The van der Waals surface area contributed by atoms with Crippen LogP contribution in [-0.2, 0) is 0 Å². The Labute approximate surface area is 118 Å². The normalized spacial score (nSPS) is 17.1. The molecule has 3 aromatic rings. The van der Waals surface area contributed by atoms with Crippen LogP contribution in [0, 0.1) is 13.8 Å². The Balaban J connectivity index is 2.15. The standard InChI is InChI=1S/C15H12O2S2/c1-7-5-11-12(13-9(7)3-4-18-13)14-10(15(16)17-11)6-8(2)19-14/h3-6,15-16H,1-2H3. The molecule has 2 aromatic heterocycles. The first kappa shape index (κ1) is 11.5. The van der Waals surface area contributed by atoms with E-state index < -0.39 is 6.29 Å². The summed E-state index contributed by atoms with van der Waals surface area (Å²) < 4.78 is 6.95. The van der Waals surface area contributed by atoms with Gasteiger partial charge >= 0.3 is 0 Å². The molecule has 0 radical (unpaired) electrons. The van der Waals surface area contributed by atoms with Crippen molar-refractivity contribution >= 4 is 32.8 Å². The van der Waals surface area contributed by atoms with Gasteiger partial charge in [0, 0.05) is 20.0 Å². The fourth-order valence-electron chi connectivity index (χ4n) is 2.68. The molecular weight excluding hydrogens is 276 g/mol. The topological polar surface area (TPSA) is 29.5 Å². The van der Waals surface area contributed by atoms with Crippen LogP contribution in [0.25, 0.3) is 20.5 Å². The summed E-state index contributed by atoms with van der Waals surface area (Å²) in [6.07, 6.45) is -0.843. The molecule has 3 heterocycles. The number of rotatable bonds is 0. The van der Waals surface area contributed by atoms with Crippen molar-refractivity contribution in [3.05, 3.63) is 39.6 Å². The average molecular weight is 288 g/mol. The molecule has 0 saturated heterocycles. The van der Waals surface area contributed by atoms with E-state index in [2.05, 4.69) is 25.3 Å². The van der Waals surface area contributed by atoms with Crippen molar-refractivity contribution in [3.63, 3.8) is 0 Å². The van der Waals surface area contributed by atoms with Crippen LogP contribution in [0.3, 0.4) is 0 Å². The van der Waals surface area contributed by atoms with Gasteiger partial charge in [0.15, 0.2) is 0 Å². The van der Waals surface area contributed by atoms with Gasteiger partial charge in [-0.2, -0.15) is 0 Å². The van der Waals surface area contributed by atoms with Crippen LogP contribution in [0.5, 0.6) is 5.75 Å². The summed E-state index contributed by atoms with van der Waals surface area (Å²) in [5.41, 5.74) is 3.24. The number of aryl methyl sites for hydroxylation is 2. The fraction of sp³-hybridized carbons (Fsp3) is 0.200. The summed E-state index contributed by atoms with van der Waals surface area (Å²) in [7, 11) is 0. The highest BCUT2D eigenvalue weighted by atomic mass is 32.1. The molecule has 0 bridgehead atoms. The molecule has 0 spiro atoms. The van der Waals surface area contributed by atoms with Gasteiger partial charge in [-0.25, -0.2) is 0 Å². The zero-order chi connectivity index (χ0) is 13.1. The van der Waals surface area contributed by atoms with Gasteiger partial charge in [-0.3, -0.25) is 0 Å². The van der Waals surface area contributed by atoms with Crippen LogP contribution >= 0.6 is 22.7 Å². The molecule has 19 heavy (non-hydrogen) atoms. The van der Waals surface area contributed by atoms with Crippen molar-refractivity contribution in [3.8, 4) is 16.2 Å². The van der Waals surface area contributed by atoms with Crippen molar-refractivity contribution < 1.29 is 9.84 Å². The van der Waals surface area contributed by atoms with Crippen LogP contribution in [0.2, 0.25) is 0 Å². The van der Waals surface area contributed by atoms with Crippen molar-refractivity contribution in [2.45, 2.75) is 20.1 Å². The zero-order valence-electron chi connectivity index (χ0n) is 10.6. The van der Waals surface area contributed by atoms with Crippen molar-refractivity contribution in [1.29, 1.82) is 0 Å². The maximum Gasteiger partial charge on any atom is 0.225 e. The number of hydrogen-bond acceptors (Lipinski definition) is 4. The first-order valence-electron chi connectivity index (χ1n) is 6.11. The number of aliphatic hydroxyl groups excluding tert-OH is 1. The Morgan fingerprint density at radius 2 is 2.11 bits per heavy atom. The van der Waals surface area contributed by atoms with Gasteiger partial charge in [0.05, 0.1) is 5.56 Å². The molecule has 0 saturated carbocycles. The number of hydrogen-bond donors (Lipinski definition) is 1. The molecule has 0 aliphatic carbocycles. The van der Waals surface area contributed by atoms with E-state index in [0.29, 0.717) is 0 Å². The van der Waals surface area contributed by atoms with Crippen LogP contribution < -0.4 is 4.74 Å². The summed E-state index contributed by atoms with van der Waals surface area (Å²) in [5.74, 6) is 0.800. The Kier molecular flexibility index (Phi) is 2.31. The van der Waals surface area contributed by atoms with Gasteiger partial charge in [-0.1, -0.05) is 0 Å². The smallest absolute Gasteiger partial charge is 0.225 e. The van der Waals surface area contributed by atoms with Crippen LogP contribution in [0.15, 0.2) is 23.6 Å². The molecule has 1 N–H and O–H groups in total. The highest BCUT2D eigenvalue weighted by Gasteiger charge is 2.29. The highest BCUT2D eigenvalue weighted by molar-refractivity contribution is 7.19. The Hall–Kier alpha value is -1.36. The summed E-state index contributed by atoms with van der Waals surface area (Å²) >= 11 is 3.46. The average Bonchev–Trinajstić information content (AvgIpc) is 2.95. The predicted molar refractivity (Wildman–Crippen MR) is 80.2 cm³/mol. The van der Waals surface area contributed by atoms with Crippen LogP contribution in [0.4, 0.5) is 0 Å². The maximum absolute atomic E-state index is 10.1. The molecule has 4 heteroatoms. The summed E-state index contributed by atoms with van der Waals surface area (Å²) in [6, 6.07) is 6.21. The van der Waals surface area contributed by atoms with E-state index in [4.69, 9.17) is 4.74 Å². The van der Waals surface area contributed by atoms with Crippen LogP contribution in [-0.4, -0.2) is 5.11 Å². The molecule has 1 aromatic carbocycles. The first-order chi connectivity index (χ1) is 9.15. The Morgan fingerprint density at radius 1 is 1.26 bits per heavy atom. The minimum absolute atomic E-state index is 0.800. The van der Waals surface area contributed by atoms with Gasteiger partial charge in [-0.05, 0) is 48.4 Å². The summed E-state index contributed by atoms with van der Waals surface area (Å²) in [6.45, 7) is 4.15. The third kappa shape index (κ3) is 1.51. The SMILES string of the molecule is Cc1cc2c(s1)-c1c(cc(C)c3ccsc13)OC2O. The second-order valence-corrected chi connectivity index (χ2v) is 7.01. The molecule has 1 aliphatic rings. The molecule has 0 fully saturated rings. The minimum Gasteiger partial charge on any atom is -0.460 e. The minimum atomic E-state index is -0.843. The summed E-state index contributed by atoms with van der Waals surface area (Å²) in [4.78, 5) is 2.35. The molecule has 1 atom stereocenters. The molecule has 96 valence electrons. The lowest BCUT2D eigenvalue weighted by Gasteiger charge is -2.23. The number of aliphatic hydroxyl groups is 1. The van der Waals surface area contributed by atoms with E-state index in [1.54, 1.807) is 22.7 Å². The van der Waals surface area contributed by atoms with Crippen LogP contribution in [0.1, 0.15) is 22.3 Å². The van der Waals surface area contributed by atoms with E-state index >= 15 is 0 Å². The van der Waals surface area contributed by atoms with E-state index in [1.807, 2.05) is 12.1 Å². The lowest BCUT2D eigenvalue weighted by Crippen LogP contribution is -2.11. The van der Waals surface area contributed by atoms with Gasteiger partial charge in [-0.15, -0.1) is 22.7 Å². The third-order valence-corrected chi connectivity index (χ3v) is 5.54. The molecule has 1 unspecified atom stereocenters. The fourth-order valence-corrected chi connectivity index (χ4v) is 4.85. The van der Waals surface area contributed by atoms with E-state index in [0.717, 1.165) is 21.8 Å². The molecule has 0 amide bonds. The second kappa shape index (κ2) is 3.82. The lowest BCUT2D eigenvalue weighted by molar-refractivity contribution is -0.0207. The van der Waals surface area contributed by atoms with Crippen molar-refractivity contribution in [2.24, 2.45) is 0 Å². The molecule has 4 rings (SSSR count). The summed E-state index contributed by atoms with van der Waals surface area (Å²) in [5, 5.41) is 13.5. The number of fused-ring (bicyclic) bond motifs is 5. The van der Waals surface area contributed by atoms with Gasteiger partial charge < -0.3 is 9.84 Å². The Bertz CT molecular complexity index is 798. The number of benzene rings is 1. The largest absolute Gasteiger partial charge is 0.460 e. The highest BCUT2D eigenvalue weighted by Crippen LogP contribution is 2.50. The first-order valence-corrected chi connectivity index (χ1v) is 7.81. The number of thiophene rings is 2.